The Morgan fingerprint density at radius 3 is 2.31 bits per heavy atom. The van der Waals surface area contributed by atoms with Crippen molar-refractivity contribution in [2.75, 3.05) is 11.4 Å². The van der Waals surface area contributed by atoms with Gasteiger partial charge >= 0.3 is 0 Å². The van der Waals surface area contributed by atoms with E-state index in [1.807, 2.05) is 49.4 Å². The fraction of sp³-hybridized carbons (Fsp3) is 0.286. The fourth-order valence-corrected chi connectivity index (χ4v) is 3.03. The first-order valence-electron chi connectivity index (χ1n) is 9.04. The van der Waals surface area contributed by atoms with E-state index in [0.29, 0.717) is 29.6 Å². The Kier molecular flexibility index (Phi) is 5.46. The van der Waals surface area contributed by atoms with Crippen LogP contribution in [0.4, 0.5) is 5.69 Å². The lowest BCUT2D eigenvalue weighted by atomic mass is 10.1. The van der Waals surface area contributed by atoms with E-state index < -0.39 is 0 Å². The summed E-state index contributed by atoms with van der Waals surface area (Å²) in [6, 6.07) is 16.7. The highest BCUT2D eigenvalue weighted by atomic mass is 16.2. The van der Waals surface area contributed by atoms with Crippen LogP contribution in [-0.2, 0) is 6.54 Å². The summed E-state index contributed by atoms with van der Waals surface area (Å²) in [5.41, 5.74) is 0.993. The van der Waals surface area contributed by atoms with Crippen molar-refractivity contribution in [2.45, 2.75) is 33.2 Å². The highest BCUT2D eigenvalue weighted by molar-refractivity contribution is 6.12. The molecule has 0 aliphatic carbocycles. The predicted molar refractivity (Wildman–Crippen MR) is 105 cm³/mol. The zero-order chi connectivity index (χ0) is 18.5. The largest absolute Gasteiger partial charge is 0.307 e. The second-order valence-electron chi connectivity index (χ2n) is 6.16. The molecule has 0 unspecified atom stereocenters. The van der Waals surface area contributed by atoms with E-state index in [0.717, 1.165) is 18.5 Å². The Bertz CT molecular complexity index is 964. The molecule has 5 nitrogen and oxygen atoms in total. The van der Waals surface area contributed by atoms with Gasteiger partial charge in [-0.3, -0.25) is 9.59 Å². The molecule has 5 heteroatoms. The van der Waals surface area contributed by atoms with Crippen LogP contribution in [0.25, 0.3) is 10.8 Å². The molecule has 1 aromatic heterocycles. The van der Waals surface area contributed by atoms with Gasteiger partial charge in [-0.05, 0) is 31.5 Å². The first-order valence-corrected chi connectivity index (χ1v) is 9.04. The van der Waals surface area contributed by atoms with Gasteiger partial charge in [-0.15, -0.1) is 0 Å². The zero-order valence-corrected chi connectivity index (χ0v) is 15.2. The summed E-state index contributed by atoms with van der Waals surface area (Å²) in [6.07, 6.45) is 1.80. The maximum Gasteiger partial charge on any atom is 0.279 e. The minimum absolute atomic E-state index is 0.145. The molecule has 1 heterocycles. The minimum atomic E-state index is -0.194. The quantitative estimate of drug-likeness (QED) is 0.679. The predicted octanol–water partition coefficient (Wildman–Crippen LogP) is 3.86. The van der Waals surface area contributed by atoms with E-state index in [1.165, 1.54) is 4.68 Å². The smallest absolute Gasteiger partial charge is 0.279 e. The maximum atomic E-state index is 13.3. The molecule has 1 amide bonds. The van der Waals surface area contributed by atoms with Crippen LogP contribution in [0, 0.1) is 0 Å². The van der Waals surface area contributed by atoms with E-state index in [4.69, 9.17) is 0 Å². The van der Waals surface area contributed by atoms with Crippen LogP contribution in [0.3, 0.4) is 0 Å². The number of para-hydroxylation sites is 1. The normalized spacial score (nSPS) is 10.8. The lowest BCUT2D eigenvalue weighted by molar-refractivity contribution is 0.0983. The Morgan fingerprint density at radius 1 is 1.00 bits per heavy atom. The Balaban J connectivity index is 2.15. The topological polar surface area (TPSA) is 55.2 Å². The van der Waals surface area contributed by atoms with Gasteiger partial charge in [-0.1, -0.05) is 49.7 Å². The molecular formula is C21H23N3O2. The number of hydrogen-bond acceptors (Lipinski definition) is 3. The Morgan fingerprint density at radius 2 is 1.65 bits per heavy atom. The van der Waals surface area contributed by atoms with Crippen LogP contribution in [0.15, 0.2) is 59.4 Å². The van der Waals surface area contributed by atoms with Gasteiger partial charge in [0, 0.05) is 24.2 Å². The van der Waals surface area contributed by atoms with Gasteiger partial charge in [0.15, 0.2) is 5.69 Å². The number of benzene rings is 2. The fourth-order valence-electron chi connectivity index (χ4n) is 3.03. The van der Waals surface area contributed by atoms with Crippen LogP contribution in [0.5, 0.6) is 0 Å². The third kappa shape index (κ3) is 3.38. The summed E-state index contributed by atoms with van der Waals surface area (Å²) in [5.74, 6) is -0.194. The average molecular weight is 349 g/mol. The number of aromatic nitrogens is 2. The molecule has 0 spiro atoms. The molecule has 2 aromatic carbocycles. The molecule has 0 atom stereocenters. The van der Waals surface area contributed by atoms with Crippen molar-refractivity contribution in [3.8, 4) is 0 Å². The molecular weight excluding hydrogens is 326 g/mol. The molecule has 0 saturated heterocycles. The summed E-state index contributed by atoms with van der Waals surface area (Å²) in [7, 11) is 0. The number of anilines is 1. The second kappa shape index (κ2) is 7.95. The van der Waals surface area contributed by atoms with Crippen LogP contribution in [0.1, 0.15) is 37.2 Å². The average Bonchev–Trinajstić information content (AvgIpc) is 2.69. The summed E-state index contributed by atoms with van der Waals surface area (Å²) >= 11 is 0. The van der Waals surface area contributed by atoms with Crippen molar-refractivity contribution in [1.82, 2.24) is 9.78 Å². The summed E-state index contributed by atoms with van der Waals surface area (Å²) in [4.78, 5) is 27.7. The summed E-state index contributed by atoms with van der Waals surface area (Å²) < 4.78 is 1.43. The van der Waals surface area contributed by atoms with E-state index >= 15 is 0 Å². The van der Waals surface area contributed by atoms with Crippen LogP contribution >= 0.6 is 0 Å². The standard InChI is InChI=1S/C21H23N3O2/c1-3-5-15-24-20(25)18-14-10-9-13-17(18)19(22-24)21(26)23(4-2)16-11-7-6-8-12-16/h6-14H,3-5,15H2,1-2H3. The van der Waals surface area contributed by atoms with Gasteiger partial charge in [-0.25, -0.2) is 4.68 Å². The number of aryl methyl sites for hydroxylation is 1. The van der Waals surface area contributed by atoms with Gasteiger partial charge in [0.25, 0.3) is 11.5 Å². The van der Waals surface area contributed by atoms with Crippen molar-refractivity contribution in [1.29, 1.82) is 0 Å². The first kappa shape index (κ1) is 17.9. The zero-order valence-electron chi connectivity index (χ0n) is 15.2. The SMILES string of the molecule is CCCCn1nc(C(=O)N(CC)c2ccccc2)c2ccccc2c1=O. The van der Waals surface area contributed by atoms with Crippen molar-refractivity contribution in [3.63, 3.8) is 0 Å². The number of nitrogens with zero attached hydrogens (tertiary/aromatic N) is 3. The lowest BCUT2D eigenvalue weighted by Crippen LogP contribution is -2.34. The molecule has 3 aromatic rings. The van der Waals surface area contributed by atoms with Crippen LogP contribution in [-0.4, -0.2) is 22.2 Å². The van der Waals surface area contributed by atoms with Gasteiger partial charge < -0.3 is 4.90 Å². The van der Waals surface area contributed by atoms with Gasteiger partial charge in [-0.2, -0.15) is 5.10 Å². The number of rotatable bonds is 6. The van der Waals surface area contributed by atoms with Gasteiger partial charge in [0.05, 0.1) is 5.39 Å². The number of carbonyl (C=O) groups is 1. The molecule has 0 saturated carbocycles. The molecule has 3 rings (SSSR count). The summed E-state index contributed by atoms with van der Waals surface area (Å²) in [6.45, 7) is 5.03. The van der Waals surface area contributed by atoms with Crippen LogP contribution < -0.4 is 10.5 Å². The number of unbranched alkanes of at least 4 members (excludes halogenated alkanes) is 1. The molecule has 0 aliphatic heterocycles. The minimum Gasteiger partial charge on any atom is -0.307 e. The molecule has 134 valence electrons. The highest BCUT2D eigenvalue weighted by Crippen LogP contribution is 2.20. The number of amides is 1. The van der Waals surface area contributed by atoms with Crippen molar-refractivity contribution >= 4 is 22.4 Å². The van der Waals surface area contributed by atoms with Crippen molar-refractivity contribution in [3.05, 3.63) is 70.6 Å². The van der Waals surface area contributed by atoms with Crippen molar-refractivity contribution < 1.29 is 4.79 Å². The van der Waals surface area contributed by atoms with E-state index in [2.05, 4.69) is 12.0 Å². The van der Waals surface area contributed by atoms with E-state index in [1.54, 1.807) is 17.0 Å². The molecule has 0 N–H and O–H groups in total. The van der Waals surface area contributed by atoms with Gasteiger partial charge in [0.1, 0.15) is 0 Å². The summed E-state index contributed by atoms with van der Waals surface area (Å²) in [5, 5.41) is 5.58. The first-order chi connectivity index (χ1) is 12.7. The third-order valence-corrected chi connectivity index (χ3v) is 4.42. The van der Waals surface area contributed by atoms with E-state index in [9.17, 15) is 9.59 Å². The molecule has 26 heavy (non-hydrogen) atoms. The van der Waals surface area contributed by atoms with Crippen molar-refractivity contribution in [2.24, 2.45) is 0 Å². The number of fused-ring (bicyclic) bond motifs is 1. The molecule has 0 radical (unpaired) electrons. The van der Waals surface area contributed by atoms with Gasteiger partial charge in [0.2, 0.25) is 0 Å². The number of carbonyl (C=O) groups excluding carboxylic acids is 1. The monoisotopic (exact) mass is 349 g/mol. The lowest BCUT2D eigenvalue weighted by Gasteiger charge is -2.21. The third-order valence-electron chi connectivity index (χ3n) is 4.42. The van der Waals surface area contributed by atoms with E-state index in [-0.39, 0.29) is 11.5 Å². The Labute approximate surface area is 152 Å². The van der Waals surface area contributed by atoms with Crippen LogP contribution in [0.2, 0.25) is 0 Å². The molecule has 0 bridgehead atoms. The molecule has 0 aliphatic rings. The maximum absolute atomic E-state index is 13.3. The Hall–Kier alpha value is -2.95. The highest BCUT2D eigenvalue weighted by Gasteiger charge is 2.22. The number of hydrogen-bond donors (Lipinski definition) is 0. The molecule has 0 fully saturated rings. The second-order valence-corrected chi connectivity index (χ2v) is 6.16.